The molecule has 1 unspecified atom stereocenters. The first kappa shape index (κ1) is 27.4. The minimum atomic E-state index is -4.57. The zero-order chi connectivity index (χ0) is 26.6. The van der Waals surface area contributed by atoms with Crippen LogP contribution < -0.4 is 11.1 Å². The number of aliphatic hydroxyl groups excluding tert-OH is 1. The first-order chi connectivity index (χ1) is 16.9. The molecule has 0 aliphatic carbocycles. The third-order valence-electron chi connectivity index (χ3n) is 6.21. The summed E-state index contributed by atoms with van der Waals surface area (Å²) < 4.78 is 50.9. The Hall–Kier alpha value is -3.19. The number of carbonyl (C=O) groups is 3. The second-order valence-electron chi connectivity index (χ2n) is 8.69. The quantitative estimate of drug-likeness (QED) is 0.350. The molecule has 1 saturated heterocycles. The number of likely N-dealkylation sites (tertiary alicyclic amines) is 1. The summed E-state index contributed by atoms with van der Waals surface area (Å²) in [5, 5.41) is 12.6. The molecule has 0 aromatic heterocycles. The molecule has 13 heteroatoms. The highest BCUT2D eigenvalue weighted by Crippen LogP contribution is 2.26. The number of carbonyl (C=O) groups excluding carboxylic acids is 3. The molecule has 1 aromatic rings. The van der Waals surface area contributed by atoms with E-state index in [1.54, 1.807) is 6.92 Å². The van der Waals surface area contributed by atoms with Crippen LogP contribution in [0.2, 0.25) is 0 Å². The van der Waals surface area contributed by atoms with Crippen LogP contribution in [-0.4, -0.2) is 82.2 Å². The summed E-state index contributed by atoms with van der Waals surface area (Å²) in [6, 6.07) is 4.43. The number of halogens is 4. The number of amides is 2. The van der Waals surface area contributed by atoms with Crippen LogP contribution in [0, 0.1) is 5.82 Å². The molecule has 2 heterocycles. The second-order valence-corrected chi connectivity index (χ2v) is 8.69. The fraction of sp³-hybridized carbons (Fsp3) is 0.522. The van der Waals surface area contributed by atoms with Crippen LogP contribution in [0.3, 0.4) is 0 Å². The van der Waals surface area contributed by atoms with Gasteiger partial charge in [0.1, 0.15) is 23.8 Å². The number of nitrogens with one attached hydrogen (secondary N) is 1. The van der Waals surface area contributed by atoms with E-state index in [4.69, 9.17) is 5.73 Å². The van der Waals surface area contributed by atoms with Gasteiger partial charge in [0.05, 0.1) is 12.6 Å². The van der Waals surface area contributed by atoms with E-state index in [0.717, 1.165) is 4.90 Å². The van der Waals surface area contributed by atoms with E-state index in [-0.39, 0.29) is 37.4 Å². The minimum absolute atomic E-state index is 0.0278. The molecule has 1 fully saturated rings. The first-order valence-corrected chi connectivity index (χ1v) is 11.5. The maximum atomic E-state index is 13.3. The summed E-state index contributed by atoms with van der Waals surface area (Å²) in [5.74, 6) is -3.10. The van der Waals surface area contributed by atoms with Crippen LogP contribution >= 0.6 is 0 Å². The summed E-state index contributed by atoms with van der Waals surface area (Å²) in [6.07, 6.45) is -4.57. The molecule has 1 aromatic carbocycles. The van der Waals surface area contributed by atoms with Crippen LogP contribution in [0.1, 0.15) is 31.7 Å². The number of likely N-dealkylation sites (N-methyl/N-ethyl adjacent to an activating group) is 1. The highest BCUT2D eigenvalue weighted by Gasteiger charge is 2.41. The summed E-state index contributed by atoms with van der Waals surface area (Å²) in [7, 11) is 0. The van der Waals surface area contributed by atoms with Gasteiger partial charge in [-0.1, -0.05) is 18.6 Å². The standard InChI is InChI=1S/C23H29F4N5O4/c1-2-31-21(35)18(19(28)32(22(31)36)11-14-6-8-15(24)9-7-14)17(33)12-30-10-4-3-5-16(30)20(34)29-13-23(25,26)27/h6-9,16,22,36H,2-5,10-13,28H2,1H3,(H,29,34)/t16-,22?/m1/s1. The Morgan fingerprint density at radius 2 is 1.83 bits per heavy atom. The monoisotopic (exact) mass is 515 g/mol. The molecular weight excluding hydrogens is 486 g/mol. The molecule has 3 rings (SSSR count). The Morgan fingerprint density at radius 3 is 2.44 bits per heavy atom. The van der Waals surface area contributed by atoms with Gasteiger partial charge in [-0.25, -0.2) is 4.39 Å². The Bertz CT molecular complexity index is 1010. The molecule has 2 aliphatic heterocycles. The number of hydrogen-bond donors (Lipinski definition) is 3. The van der Waals surface area contributed by atoms with Gasteiger partial charge in [0.15, 0.2) is 5.78 Å². The van der Waals surface area contributed by atoms with Gasteiger partial charge in [-0.15, -0.1) is 0 Å². The summed E-state index contributed by atoms with van der Waals surface area (Å²) in [4.78, 5) is 42.5. The van der Waals surface area contributed by atoms with Crippen molar-refractivity contribution >= 4 is 17.6 Å². The van der Waals surface area contributed by atoms with Crippen molar-refractivity contribution < 1.29 is 37.1 Å². The van der Waals surface area contributed by atoms with E-state index in [2.05, 4.69) is 0 Å². The third-order valence-corrected chi connectivity index (χ3v) is 6.21. The number of aliphatic hydroxyl groups is 1. The molecule has 9 nitrogen and oxygen atoms in total. The summed E-state index contributed by atoms with van der Waals surface area (Å²) in [5.41, 5.74) is 6.35. The highest BCUT2D eigenvalue weighted by molar-refractivity contribution is 6.21. The van der Waals surface area contributed by atoms with E-state index in [1.165, 1.54) is 34.1 Å². The number of ketones is 1. The fourth-order valence-corrected chi connectivity index (χ4v) is 4.36. The van der Waals surface area contributed by atoms with Gasteiger partial charge in [0.2, 0.25) is 12.3 Å². The van der Waals surface area contributed by atoms with Crippen molar-refractivity contribution in [1.82, 2.24) is 20.0 Å². The SMILES string of the molecule is CCN1C(=O)C(C(=O)CN2CCCC[C@@H]2C(=O)NCC(F)(F)F)=C(N)N(Cc2ccc(F)cc2)C1O. The maximum Gasteiger partial charge on any atom is 0.405 e. The molecule has 198 valence electrons. The van der Waals surface area contributed by atoms with E-state index >= 15 is 0 Å². The molecule has 0 radical (unpaired) electrons. The molecule has 36 heavy (non-hydrogen) atoms. The van der Waals surface area contributed by atoms with Gasteiger partial charge in [-0.05, 0) is 44.0 Å². The molecular formula is C23H29F4N5O4. The van der Waals surface area contributed by atoms with Crippen molar-refractivity contribution in [3.8, 4) is 0 Å². The van der Waals surface area contributed by atoms with E-state index in [9.17, 15) is 37.1 Å². The molecule has 0 saturated carbocycles. The molecule has 0 bridgehead atoms. The lowest BCUT2D eigenvalue weighted by Gasteiger charge is -2.42. The van der Waals surface area contributed by atoms with Crippen LogP contribution in [0.4, 0.5) is 17.6 Å². The third kappa shape index (κ3) is 6.32. The predicted molar refractivity (Wildman–Crippen MR) is 120 cm³/mol. The topological polar surface area (TPSA) is 119 Å². The second kappa shape index (κ2) is 11.2. The van der Waals surface area contributed by atoms with Crippen LogP contribution in [0.15, 0.2) is 35.7 Å². The largest absolute Gasteiger partial charge is 0.405 e. The van der Waals surface area contributed by atoms with Gasteiger partial charge in [0, 0.05) is 13.1 Å². The van der Waals surface area contributed by atoms with Crippen molar-refractivity contribution in [3.63, 3.8) is 0 Å². The number of nitrogens with zero attached hydrogens (tertiary/aromatic N) is 3. The number of nitrogens with two attached hydrogens (primary N) is 1. The number of piperidine rings is 1. The van der Waals surface area contributed by atoms with E-state index in [1.807, 2.05) is 5.32 Å². The number of benzene rings is 1. The number of hydrogen-bond acceptors (Lipinski definition) is 7. The molecule has 2 aliphatic rings. The van der Waals surface area contributed by atoms with Crippen molar-refractivity contribution in [2.75, 3.05) is 26.2 Å². The van der Waals surface area contributed by atoms with Crippen LogP contribution in [0.5, 0.6) is 0 Å². The molecule has 2 atom stereocenters. The lowest BCUT2D eigenvalue weighted by Crippen LogP contribution is -2.58. The zero-order valence-electron chi connectivity index (χ0n) is 19.7. The Labute approximate surface area is 205 Å². The Kier molecular flexibility index (Phi) is 8.56. The van der Waals surface area contributed by atoms with Crippen molar-refractivity contribution in [3.05, 3.63) is 47.0 Å². The molecule has 4 N–H and O–H groups in total. The van der Waals surface area contributed by atoms with Crippen molar-refractivity contribution in [1.29, 1.82) is 0 Å². The van der Waals surface area contributed by atoms with Crippen molar-refractivity contribution in [2.45, 2.75) is 51.3 Å². The summed E-state index contributed by atoms with van der Waals surface area (Å²) >= 11 is 0. The summed E-state index contributed by atoms with van der Waals surface area (Å²) in [6.45, 7) is 0.00555. The number of rotatable bonds is 8. The predicted octanol–water partition coefficient (Wildman–Crippen LogP) is 1.04. The smallest absolute Gasteiger partial charge is 0.384 e. The Morgan fingerprint density at radius 1 is 1.17 bits per heavy atom. The van der Waals surface area contributed by atoms with Gasteiger partial charge < -0.3 is 21.1 Å². The van der Waals surface area contributed by atoms with Gasteiger partial charge in [-0.3, -0.25) is 24.2 Å². The van der Waals surface area contributed by atoms with Gasteiger partial charge >= 0.3 is 6.18 Å². The maximum absolute atomic E-state index is 13.3. The normalized spacial score (nSPS) is 21.7. The highest BCUT2D eigenvalue weighted by atomic mass is 19.4. The number of alkyl halides is 3. The average Bonchev–Trinajstić information content (AvgIpc) is 2.81. The fourth-order valence-electron chi connectivity index (χ4n) is 4.36. The van der Waals surface area contributed by atoms with Crippen LogP contribution in [0.25, 0.3) is 0 Å². The van der Waals surface area contributed by atoms with E-state index < -0.39 is 55.1 Å². The minimum Gasteiger partial charge on any atom is -0.384 e. The molecule has 0 spiro atoms. The van der Waals surface area contributed by atoms with E-state index in [0.29, 0.717) is 18.4 Å². The first-order valence-electron chi connectivity index (χ1n) is 11.5. The zero-order valence-corrected chi connectivity index (χ0v) is 19.7. The lowest BCUT2D eigenvalue weighted by molar-refractivity contribution is -0.158. The average molecular weight is 516 g/mol. The van der Waals surface area contributed by atoms with Gasteiger partial charge in [-0.2, -0.15) is 13.2 Å². The van der Waals surface area contributed by atoms with Gasteiger partial charge in [0.25, 0.3) is 5.91 Å². The Balaban J connectivity index is 1.83. The molecule has 2 amide bonds. The lowest BCUT2D eigenvalue weighted by atomic mass is 9.99. The van der Waals surface area contributed by atoms with Crippen LogP contribution in [-0.2, 0) is 20.9 Å². The van der Waals surface area contributed by atoms with Crippen molar-refractivity contribution in [2.24, 2.45) is 5.73 Å². The number of Topliss-reactive ketones (excluding diaryl/α,β-unsaturated/α-hetero) is 1.